The van der Waals surface area contributed by atoms with Gasteiger partial charge >= 0.3 is 0 Å². The quantitative estimate of drug-likeness (QED) is 0.854. The highest BCUT2D eigenvalue weighted by Crippen LogP contribution is 2.59. The fraction of sp³-hybridized carbons (Fsp3) is 0.667. The Morgan fingerprint density at radius 1 is 1.23 bits per heavy atom. The van der Waals surface area contributed by atoms with Crippen molar-refractivity contribution in [2.75, 3.05) is 11.9 Å². The van der Waals surface area contributed by atoms with Gasteiger partial charge in [0.15, 0.2) is 0 Å². The van der Waals surface area contributed by atoms with Crippen LogP contribution in [0.25, 0.3) is 11.0 Å². The summed E-state index contributed by atoms with van der Waals surface area (Å²) in [5.74, 6) is 0.939. The van der Waals surface area contributed by atoms with E-state index in [-0.39, 0.29) is 10.7 Å². The van der Waals surface area contributed by atoms with Crippen molar-refractivity contribution in [2.24, 2.45) is 5.41 Å². The Labute approximate surface area is 154 Å². The van der Waals surface area contributed by atoms with Gasteiger partial charge in [0.1, 0.15) is 17.8 Å². The number of H-pyrrole nitrogens is 1. The second-order valence-electron chi connectivity index (χ2n) is 9.04. The molecular formula is C18H27N5O2S. The Morgan fingerprint density at radius 3 is 2.58 bits per heavy atom. The zero-order valence-electron chi connectivity index (χ0n) is 15.8. The third-order valence-corrected chi connectivity index (χ3v) is 7.87. The lowest BCUT2D eigenvalue weighted by atomic mass is 9.53. The van der Waals surface area contributed by atoms with Crippen molar-refractivity contribution in [1.29, 1.82) is 0 Å². The van der Waals surface area contributed by atoms with Gasteiger partial charge in [0.25, 0.3) is 0 Å². The summed E-state index contributed by atoms with van der Waals surface area (Å²) >= 11 is 0. The molecule has 2 aromatic heterocycles. The molecule has 0 aromatic carbocycles. The molecule has 0 radical (unpaired) electrons. The summed E-state index contributed by atoms with van der Waals surface area (Å²) in [5, 5.41) is 0.780. The van der Waals surface area contributed by atoms with Crippen LogP contribution < -0.4 is 9.62 Å². The summed E-state index contributed by atoms with van der Waals surface area (Å²) in [6, 6.07) is 2.40. The second kappa shape index (κ2) is 5.66. The molecule has 2 aliphatic rings. The van der Waals surface area contributed by atoms with Gasteiger partial charge in [-0.1, -0.05) is 0 Å². The first-order chi connectivity index (χ1) is 12.1. The van der Waals surface area contributed by atoms with Crippen LogP contribution in [-0.4, -0.2) is 47.2 Å². The molecule has 142 valence electrons. The Balaban J connectivity index is 1.39. The average molecular weight is 378 g/mol. The minimum Gasteiger partial charge on any atom is -0.356 e. The van der Waals surface area contributed by atoms with E-state index in [0.717, 1.165) is 42.5 Å². The average Bonchev–Trinajstić information content (AvgIpc) is 2.89. The first-order valence-electron chi connectivity index (χ1n) is 9.12. The van der Waals surface area contributed by atoms with Crippen LogP contribution >= 0.6 is 0 Å². The van der Waals surface area contributed by atoms with Crippen LogP contribution in [0, 0.1) is 5.41 Å². The molecule has 0 aliphatic heterocycles. The molecule has 2 aromatic rings. The number of anilines is 1. The van der Waals surface area contributed by atoms with Gasteiger partial charge in [-0.3, -0.25) is 0 Å². The van der Waals surface area contributed by atoms with Crippen molar-refractivity contribution in [3.63, 3.8) is 0 Å². The van der Waals surface area contributed by atoms with Gasteiger partial charge in [0.05, 0.1) is 10.6 Å². The summed E-state index contributed by atoms with van der Waals surface area (Å²) < 4.78 is 27.7. The van der Waals surface area contributed by atoms with Crippen molar-refractivity contribution >= 4 is 26.9 Å². The Kier molecular flexibility index (Phi) is 3.86. The molecule has 7 nitrogen and oxygen atoms in total. The van der Waals surface area contributed by atoms with Crippen LogP contribution in [0.5, 0.6) is 0 Å². The maximum absolute atomic E-state index is 12.5. The topological polar surface area (TPSA) is 91.0 Å². The zero-order chi connectivity index (χ0) is 18.7. The molecule has 8 heteroatoms. The normalized spacial score (nSPS) is 28.8. The number of aromatic amines is 1. The largest absolute Gasteiger partial charge is 0.356 e. The molecule has 2 N–H and O–H groups in total. The summed E-state index contributed by atoms with van der Waals surface area (Å²) in [4.78, 5) is 14.0. The van der Waals surface area contributed by atoms with Crippen molar-refractivity contribution in [1.82, 2.24) is 19.7 Å². The van der Waals surface area contributed by atoms with Gasteiger partial charge in [0.2, 0.25) is 10.0 Å². The molecule has 0 saturated heterocycles. The predicted octanol–water partition coefficient (Wildman–Crippen LogP) is 2.42. The van der Waals surface area contributed by atoms with Crippen LogP contribution in [0.15, 0.2) is 18.6 Å². The highest BCUT2D eigenvalue weighted by molar-refractivity contribution is 7.90. The number of nitrogens with zero attached hydrogens (tertiary/aromatic N) is 3. The van der Waals surface area contributed by atoms with E-state index in [4.69, 9.17) is 0 Å². The van der Waals surface area contributed by atoms with Crippen LogP contribution in [0.1, 0.15) is 46.5 Å². The molecule has 0 amide bonds. The molecule has 0 unspecified atom stereocenters. The highest BCUT2D eigenvalue weighted by Gasteiger charge is 2.57. The van der Waals surface area contributed by atoms with Gasteiger partial charge < -0.3 is 9.88 Å². The monoisotopic (exact) mass is 377 g/mol. The van der Waals surface area contributed by atoms with E-state index in [1.54, 1.807) is 6.33 Å². The molecule has 1 spiro atoms. The summed E-state index contributed by atoms with van der Waals surface area (Å²) in [7, 11) is -1.16. The standard InChI is InChI=1S/C18H27N5O2S/c1-17(2,3)22-26(24,25)13-9-18(10-13)7-12(8-18)23(4)16-14-5-6-19-15(14)20-11-21-16/h5-6,11-13,22H,7-10H2,1-4H3,(H,19,20,21). The van der Waals surface area contributed by atoms with E-state index < -0.39 is 15.6 Å². The van der Waals surface area contributed by atoms with E-state index >= 15 is 0 Å². The van der Waals surface area contributed by atoms with E-state index in [1.165, 1.54) is 0 Å². The Hall–Kier alpha value is -1.67. The zero-order valence-corrected chi connectivity index (χ0v) is 16.6. The molecule has 2 fully saturated rings. The number of rotatable bonds is 4. The molecule has 2 heterocycles. The van der Waals surface area contributed by atoms with E-state index in [9.17, 15) is 8.42 Å². The van der Waals surface area contributed by atoms with Gasteiger partial charge in [-0.25, -0.2) is 23.1 Å². The van der Waals surface area contributed by atoms with Crippen molar-refractivity contribution in [3.05, 3.63) is 18.6 Å². The lowest BCUT2D eigenvalue weighted by Gasteiger charge is -2.59. The summed E-state index contributed by atoms with van der Waals surface area (Å²) in [6.45, 7) is 5.66. The van der Waals surface area contributed by atoms with Crippen LogP contribution in [0.4, 0.5) is 5.82 Å². The number of hydrogen-bond donors (Lipinski definition) is 2. The van der Waals surface area contributed by atoms with Crippen LogP contribution in [-0.2, 0) is 10.0 Å². The smallest absolute Gasteiger partial charge is 0.214 e. The van der Waals surface area contributed by atoms with E-state index in [0.29, 0.717) is 6.04 Å². The lowest BCUT2D eigenvalue weighted by molar-refractivity contribution is 0.0133. The molecule has 0 atom stereocenters. The van der Waals surface area contributed by atoms with Crippen LogP contribution in [0.2, 0.25) is 0 Å². The maximum Gasteiger partial charge on any atom is 0.214 e. The fourth-order valence-corrected chi connectivity index (χ4v) is 6.66. The maximum atomic E-state index is 12.5. The minimum absolute atomic E-state index is 0.195. The molecule has 2 aliphatic carbocycles. The third-order valence-electron chi connectivity index (χ3n) is 5.76. The van der Waals surface area contributed by atoms with Crippen LogP contribution in [0.3, 0.4) is 0 Å². The Bertz CT molecular complexity index is 916. The first-order valence-corrected chi connectivity index (χ1v) is 10.7. The molecule has 4 rings (SSSR count). The first kappa shape index (κ1) is 17.7. The van der Waals surface area contributed by atoms with Crippen molar-refractivity contribution in [3.8, 4) is 0 Å². The molecular weight excluding hydrogens is 350 g/mol. The SMILES string of the molecule is CN(c1ncnc2[nH]ccc12)C1CC2(C1)CC(S(=O)(=O)NC(C)(C)C)C2. The molecule has 2 saturated carbocycles. The molecule has 26 heavy (non-hydrogen) atoms. The van der Waals surface area contributed by atoms with Crippen molar-refractivity contribution in [2.45, 2.75) is 63.3 Å². The number of hydrogen-bond acceptors (Lipinski definition) is 5. The second-order valence-corrected chi connectivity index (χ2v) is 11.0. The van der Waals surface area contributed by atoms with E-state index in [1.807, 2.05) is 33.0 Å². The summed E-state index contributed by atoms with van der Waals surface area (Å²) in [5.41, 5.74) is 0.623. The number of aromatic nitrogens is 3. The van der Waals surface area contributed by atoms with E-state index in [2.05, 4.69) is 31.6 Å². The lowest BCUT2D eigenvalue weighted by Crippen LogP contribution is -2.61. The third kappa shape index (κ3) is 2.99. The predicted molar refractivity (Wildman–Crippen MR) is 103 cm³/mol. The number of nitrogens with one attached hydrogen (secondary N) is 2. The summed E-state index contributed by atoms with van der Waals surface area (Å²) in [6.07, 6.45) is 7.06. The molecule has 0 bridgehead atoms. The minimum atomic E-state index is -3.23. The van der Waals surface area contributed by atoms with Gasteiger partial charge in [-0.05, 0) is 57.9 Å². The van der Waals surface area contributed by atoms with Gasteiger partial charge in [-0.2, -0.15) is 0 Å². The Morgan fingerprint density at radius 2 is 1.92 bits per heavy atom. The number of sulfonamides is 1. The van der Waals surface area contributed by atoms with Gasteiger partial charge in [0, 0.05) is 24.8 Å². The highest BCUT2D eigenvalue weighted by atomic mass is 32.2. The fourth-order valence-electron chi connectivity index (χ4n) is 4.50. The van der Waals surface area contributed by atoms with Gasteiger partial charge in [-0.15, -0.1) is 0 Å². The van der Waals surface area contributed by atoms with Crippen molar-refractivity contribution < 1.29 is 8.42 Å². The number of fused-ring (bicyclic) bond motifs is 1.